The summed E-state index contributed by atoms with van der Waals surface area (Å²) in [6.07, 6.45) is 3.09. The van der Waals surface area contributed by atoms with Gasteiger partial charge in [0.25, 0.3) is 0 Å². The molecule has 5 aliphatic rings. The van der Waals surface area contributed by atoms with E-state index in [9.17, 15) is 24.6 Å². The van der Waals surface area contributed by atoms with Gasteiger partial charge in [-0.3, -0.25) is 14.4 Å². The molecule has 4 heterocycles. The third-order valence-electron chi connectivity index (χ3n) is 9.58. The zero-order chi connectivity index (χ0) is 30.8. The van der Waals surface area contributed by atoms with Gasteiger partial charge in [0.1, 0.15) is 0 Å². The quantitative estimate of drug-likeness (QED) is 0.128. The lowest BCUT2D eigenvalue weighted by atomic mass is 9.58. The van der Waals surface area contributed by atoms with Crippen LogP contribution in [-0.2, 0) is 44.8 Å². The third-order valence-corrected chi connectivity index (χ3v) is 9.58. The van der Waals surface area contributed by atoms with Crippen molar-refractivity contribution in [2.45, 2.75) is 103 Å². The maximum absolute atomic E-state index is 12.7. The second-order valence-electron chi connectivity index (χ2n) is 12.6. The van der Waals surface area contributed by atoms with Crippen LogP contribution in [0.1, 0.15) is 77.7 Å². The Labute approximate surface area is 251 Å². The molecule has 1 aromatic carbocycles. The predicted octanol–water partition coefficient (Wildman–Crippen LogP) is 3.18. The summed E-state index contributed by atoms with van der Waals surface area (Å²) in [4.78, 5) is 49.0. The van der Waals surface area contributed by atoms with Crippen LogP contribution >= 0.6 is 0 Å². The number of fused-ring (bicyclic) bond motifs is 2. The van der Waals surface area contributed by atoms with E-state index in [-0.39, 0.29) is 60.3 Å². The maximum atomic E-state index is 12.7. The van der Waals surface area contributed by atoms with Gasteiger partial charge in [0.15, 0.2) is 23.4 Å². The van der Waals surface area contributed by atoms with Gasteiger partial charge in [-0.2, -0.15) is 0 Å². The first-order valence-corrected chi connectivity index (χ1v) is 15.4. The van der Waals surface area contributed by atoms with Gasteiger partial charge in [0, 0.05) is 44.2 Å². The highest BCUT2D eigenvalue weighted by atomic mass is 17.3. The molecule has 1 aromatic rings. The molecule has 4 aliphatic heterocycles. The SMILES string of the molecule is C[C@@H]1[C@H](OC(=O)CCC(=O)NCCCC(=O)NCCc2ccc(O)c(O)c2)O[C@H]2O[C@]3(C)CC[C@H]4[C@H](C)CC[C@H]1[C@@]24OO3. The van der Waals surface area contributed by atoms with E-state index in [1.165, 1.54) is 12.1 Å². The van der Waals surface area contributed by atoms with E-state index in [4.69, 9.17) is 24.0 Å². The molecule has 43 heavy (non-hydrogen) atoms. The Morgan fingerprint density at radius 1 is 0.953 bits per heavy atom. The van der Waals surface area contributed by atoms with Gasteiger partial charge in [-0.25, -0.2) is 9.78 Å². The van der Waals surface area contributed by atoms with Crippen LogP contribution in [0, 0.1) is 23.7 Å². The Balaban J connectivity index is 1.01. The molecule has 1 saturated carbocycles. The van der Waals surface area contributed by atoms with Gasteiger partial charge < -0.3 is 35.1 Å². The van der Waals surface area contributed by atoms with E-state index in [2.05, 4.69) is 17.6 Å². The number of aromatic hydroxyl groups is 2. The van der Waals surface area contributed by atoms with Crippen molar-refractivity contribution in [1.82, 2.24) is 10.6 Å². The van der Waals surface area contributed by atoms with Crippen LogP contribution in [-0.4, -0.2) is 65.1 Å². The highest BCUT2D eigenvalue weighted by Gasteiger charge is 2.69. The van der Waals surface area contributed by atoms with E-state index in [1.54, 1.807) is 6.07 Å². The molecule has 0 unspecified atom stereocenters. The molecule has 2 amide bonds. The van der Waals surface area contributed by atoms with Crippen molar-refractivity contribution in [2.75, 3.05) is 13.1 Å². The molecule has 0 aromatic heterocycles. The number of carbonyl (C=O) groups is 3. The lowest BCUT2D eigenvalue weighted by Gasteiger charge is -2.59. The Bertz CT molecular complexity index is 1200. The van der Waals surface area contributed by atoms with Gasteiger partial charge in [0.2, 0.25) is 23.9 Å². The second-order valence-corrected chi connectivity index (χ2v) is 12.6. The highest BCUT2D eigenvalue weighted by molar-refractivity contribution is 5.81. The van der Waals surface area contributed by atoms with Crippen molar-refractivity contribution < 1.29 is 48.6 Å². The molecule has 12 heteroatoms. The number of hydrogen-bond acceptors (Lipinski definition) is 10. The van der Waals surface area contributed by atoms with Crippen molar-refractivity contribution in [1.29, 1.82) is 0 Å². The molecule has 5 fully saturated rings. The van der Waals surface area contributed by atoms with E-state index >= 15 is 0 Å². The lowest BCUT2D eigenvalue weighted by molar-refractivity contribution is -0.576. The smallest absolute Gasteiger partial charge is 0.308 e. The predicted molar refractivity (Wildman–Crippen MR) is 151 cm³/mol. The average Bonchev–Trinajstić information content (AvgIpc) is 3.20. The summed E-state index contributed by atoms with van der Waals surface area (Å²) in [5, 5.41) is 24.4. The fraction of sp³-hybridized carbons (Fsp3) is 0.710. The molecular weight excluding hydrogens is 560 g/mol. The number of esters is 1. The number of ether oxygens (including phenoxy) is 3. The van der Waals surface area contributed by atoms with Crippen molar-refractivity contribution in [2.24, 2.45) is 23.7 Å². The summed E-state index contributed by atoms with van der Waals surface area (Å²) < 4.78 is 18.3. The van der Waals surface area contributed by atoms with Crippen molar-refractivity contribution in [3.8, 4) is 11.5 Å². The minimum absolute atomic E-state index is 0.0342. The van der Waals surface area contributed by atoms with Gasteiger partial charge in [-0.1, -0.05) is 19.9 Å². The molecule has 1 spiro atoms. The van der Waals surface area contributed by atoms with Crippen LogP contribution in [0.2, 0.25) is 0 Å². The molecule has 6 rings (SSSR count). The summed E-state index contributed by atoms with van der Waals surface area (Å²) in [5.41, 5.74) is 0.0543. The first-order valence-electron chi connectivity index (χ1n) is 15.4. The van der Waals surface area contributed by atoms with E-state index < -0.39 is 29.9 Å². The summed E-state index contributed by atoms with van der Waals surface area (Å²) >= 11 is 0. The highest BCUT2D eigenvalue weighted by Crippen LogP contribution is 2.60. The number of benzene rings is 1. The van der Waals surface area contributed by atoms with Crippen LogP contribution in [0.5, 0.6) is 11.5 Å². The van der Waals surface area contributed by atoms with Gasteiger partial charge in [-0.05, 0) is 68.6 Å². The van der Waals surface area contributed by atoms with Crippen molar-refractivity contribution in [3.63, 3.8) is 0 Å². The minimum Gasteiger partial charge on any atom is -0.504 e. The Morgan fingerprint density at radius 3 is 2.51 bits per heavy atom. The molecule has 1 aliphatic carbocycles. The summed E-state index contributed by atoms with van der Waals surface area (Å²) in [6, 6.07) is 4.53. The fourth-order valence-electron chi connectivity index (χ4n) is 7.14. The average molecular weight is 605 g/mol. The Kier molecular flexibility index (Phi) is 9.50. The monoisotopic (exact) mass is 604 g/mol. The molecule has 0 radical (unpaired) electrons. The van der Waals surface area contributed by atoms with Crippen molar-refractivity contribution in [3.05, 3.63) is 23.8 Å². The molecular formula is C31H44N2O10. The zero-order valence-electron chi connectivity index (χ0n) is 25.1. The van der Waals surface area contributed by atoms with Crippen molar-refractivity contribution >= 4 is 17.8 Å². The first kappa shape index (κ1) is 31.5. The summed E-state index contributed by atoms with van der Waals surface area (Å²) in [7, 11) is 0. The fourth-order valence-corrected chi connectivity index (χ4v) is 7.14. The molecule has 238 valence electrons. The minimum atomic E-state index is -0.913. The standard InChI is InChI=1S/C31H44N2O10/c1-18-6-8-22-19(2)28(40-29-31(22)21(18)12-14-30(3,41-29)42-43-31)39-27(38)11-10-26(37)32-15-4-5-25(36)33-16-13-20-7-9-23(34)24(35)17-20/h7,9,17-19,21-22,28-29,34-35H,4-6,8,10-16H2,1-3H3,(H,32,37)(H,33,36)/t18-,19+,21+,22-,28-,29+,30+,31-/m1/s1. The normalized spacial score (nSPS) is 34.5. The lowest BCUT2D eigenvalue weighted by Crippen LogP contribution is -2.70. The van der Waals surface area contributed by atoms with E-state index in [0.29, 0.717) is 38.3 Å². The number of nitrogens with one attached hydrogen (secondary N) is 2. The van der Waals surface area contributed by atoms with Gasteiger partial charge >= 0.3 is 5.97 Å². The Hall–Kier alpha value is -2.93. The van der Waals surface area contributed by atoms with Crippen LogP contribution in [0.4, 0.5) is 0 Å². The number of amides is 2. The third kappa shape index (κ3) is 6.77. The second kappa shape index (κ2) is 13.0. The number of carbonyl (C=O) groups excluding carboxylic acids is 3. The topological polar surface area (TPSA) is 162 Å². The Morgan fingerprint density at radius 2 is 1.72 bits per heavy atom. The molecule has 2 bridgehead atoms. The van der Waals surface area contributed by atoms with Crippen LogP contribution in [0.3, 0.4) is 0 Å². The van der Waals surface area contributed by atoms with E-state index in [1.807, 2.05) is 13.8 Å². The maximum Gasteiger partial charge on any atom is 0.308 e. The van der Waals surface area contributed by atoms with Gasteiger partial charge in [-0.15, -0.1) is 0 Å². The number of phenols is 2. The van der Waals surface area contributed by atoms with E-state index in [0.717, 1.165) is 24.8 Å². The van der Waals surface area contributed by atoms with Gasteiger partial charge in [0.05, 0.1) is 6.42 Å². The first-order chi connectivity index (χ1) is 20.5. The summed E-state index contributed by atoms with van der Waals surface area (Å²) in [5.74, 6) is -1.73. The zero-order valence-corrected chi connectivity index (χ0v) is 25.1. The van der Waals surface area contributed by atoms with Crippen LogP contribution in [0.25, 0.3) is 0 Å². The molecule has 4 saturated heterocycles. The molecule has 8 atom stereocenters. The molecule has 4 N–H and O–H groups in total. The number of phenolic OH excluding ortho intramolecular Hbond substituents is 2. The largest absolute Gasteiger partial charge is 0.504 e. The van der Waals surface area contributed by atoms with Crippen LogP contribution < -0.4 is 10.6 Å². The summed E-state index contributed by atoms with van der Waals surface area (Å²) in [6.45, 7) is 6.78. The van der Waals surface area contributed by atoms with Crippen LogP contribution in [0.15, 0.2) is 18.2 Å². The number of hydrogen-bond donors (Lipinski definition) is 4. The number of rotatable bonds is 11. The molecule has 12 nitrogen and oxygen atoms in total.